The molecule has 0 radical (unpaired) electrons. The number of esters is 2. The quantitative estimate of drug-likeness (QED) is 0.182. The third-order valence-corrected chi connectivity index (χ3v) is 7.69. The van der Waals surface area contributed by atoms with Crippen LogP contribution in [-0.2, 0) is 9.84 Å². The highest BCUT2D eigenvalue weighted by Gasteiger charge is 2.19. The number of carbonyl (C=O) groups is 2. The molecule has 0 fully saturated rings. The van der Waals surface area contributed by atoms with Crippen LogP contribution in [0.4, 0.5) is 0 Å². The molecule has 0 saturated carbocycles. The van der Waals surface area contributed by atoms with Gasteiger partial charge in [0.1, 0.15) is 11.5 Å². The molecule has 0 bridgehead atoms. The monoisotopic (exact) mass is 614 g/mol. The number of ether oxygens (including phenoxy) is 2. The molecule has 176 valence electrons. The van der Waals surface area contributed by atoms with Crippen molar-refractivity contribution in [2.75, 3.05) is 0 Å². The van der Waals surface area contributed by atoms with Gasteiger partial charge >= 0.3 is 11.9 Å². The van der Waals surface area contributed by atoms with Crippen LogP contribution in [0.15, 0.2) is 116 Å². The van der Waals surface area contributed by atoms with Gasteiger partial charge in [-0.05, 0) is 97.1 Å². The smallest absolute Gasteiger partial charge is 0.343 e. The van der Waals surface area contributed by atoms with E-state index in [1.807, 2.05) is 0 Å². The number of sulfone groups is 1. The molecule has 0 atom stereocenters. The van der Waals surface area contributed by atoms with Gasteiger partial charge in [0, 0.05) is 8.95 Å². The van der Waals surface area contributed by atoms with E-state index in [4.69, 9.17) is 9.47 Å². The van der Waals surface area contributed by atoms with Gasteiger partial charge in [0.25, 0.3) is 0 Å². The lowest BCUT2D eigenvalue weighted by Gasteiger charge is -2.09. The van der Waals surface area contributed by atoms with Crippen LogP contribution < -0.4 is 9.47 Å². The molecule has 35 heavy (non-hydrogen) atoms. The van der Waals surface area contributed by atoms with E-state index in [1.165, 1.54) is 48.5 Å². The van der Waals surface area contributed by atoms with Crippen molar-refractivity contribution < 1.29 is 27.5 Å². The zero-order valence-corrected chi connectivity index (χ0v) is 21.8. The Kier molecular flexibility index (Phi) is 7.49. The third kappa shape index (κ3) is 6.05. The van der Waals surface area contributed by atoms with E-state index in [0.717, 1.165) is 8.95 Å². The fourth-order valence-corrected chi connectivity index (χ4v) is 4.80. The summed E-state index contributed by atoms with van der Waals surface area (Å²) in [5, 5.41) is 0. The highest BCUT2D eigenvalue weighted by molar-refractivity contribution is 9.10. The minimum Gasteiger partial charge on any atom is -0.423 e. The van der Waals surface area contributed by atoms with E-state index in [9.17, 15) is 18.0 Å². The van der Waals surface area contributed by atoms with Crippen LogP contribution in [0.5, 0.6) is 11.5 Å². The van der Waals surface area contributed by atoms with Crippen LogP contribution in [0.25, 0.3) is 0 Å². The summed E-state index contributed by atoms with van der Waals surface area (Å²) in [6.07, 6.45) is 0. The van der Waals surface area contributed by atoms with Gasteiger partial charge in [-0.2, -0.15) is 0 Å². The van der Waals surface area contributed by atoms with Crippen molar-refractivity contribution in [2.45, 2.75) is 9.79 Å². The zero-order chi connectivity index (χ0) is 25.0. The van der Waals surface area contributed by atoms with Crippen LogP contribution in [-0.4, -0.2) is 20.4 Å². The van der Waals surface area contributed by atoms with E-state index in [-0.39, 0.29) is 21.3 Å². The molecule has 0 amide bonds. The molecule has 9 heteroatoms. The Morgan fingerprint density at radius 1 is 0.514 bits per heavy atom. The highest BCUT2D eigenvalue weighted by atomic mass is 79.9. The molecule has 0 saturated heterocycles. The molecule has 0 unspecified atom stereocenters. The van der Waals surface area contributed by atoms with Gasteiger partial charge < -0.3 is 9.47 Å². The Bertz CT molecular complexity index is 1350. The summed E-state index contributed by atoms with van der Waals surface area (Å²) >= 11 is 6.60. The molecule has 4 aromatic carbocycles. The fourth-order valence-electron chi connectivity index (χ4n) is 3.01. The summed E-state index contributed by atoms with van der Waals surface area (Å²) in [5.41, 5.74) is 0.733. The minimum atomic E-state index is -3.83. The maximum absolute atomic E-state index is 13.0. The van der Waals surface area contributed by atoms with E-state index in [1.54, 1.807) is 48.5 Å². The SMILES string of the molecule is O=C(Oc1ccc(S(=O)(=O)c2ccc(OC(=O)c3ccc(Br)cc3)cc2)cc1)c1ccc(Br)cc1. The van der Waals surface area contributed by atoms with Crippen molar-refractivity contribution in [3.63, 3.8) is 0 Å². The third-order valence-electron chi connectivity index (χ3n) is 4.85. The molecule has 4 aromatic rings. The first-order valence-electron chi connectivity index (χ1n) is 10.1. The minimum absolute atomic E-state index is 0.0283. The lowest BCUT2D eigenvalue weighted by atomic mass is 10.2. The number of hydrogen-bond donors (Lipinski definition) is 0. The number of carbonyl (C=O) groups excluding carboxylic acids is 2. The summed E-state index contributed by atoms with van der Waals surface area (Å²) in [7, 11) is -3.83. The molecular formula is C26H16Br2O6S. The largest absolute Gasteiger partial charge is 0.423 e. The van der Waals surface area contributed by atoms with Crippen LogP contribution in [0.1, 0.15) is 20.7 Å². The molecule has 0 N–H and O–H groups in total. The number of benzene rings is 4. The number of rotatable bonds is 6. The molecule has 0 aliphatic carbocycles. The molecule has 0 heterocycles. The second kappa shape index (κ2) is 10.6. The Labute approximate surface area is 218 Å². The molecule has 0 aliphatic heterocycles. The van der Waals surface area contributed by atoms with Gasteiger partial charge in [-0.15, -0.1) is 0 Å². The topological polar surface area (TPSA) is 86.7 Å². The Morgan fingerprint density at radius 2 is 0.829 bits per heavy atom. The first-order chi connectivity index (χ1) is 16.7. The van der Waals surface area contributed by atoms with Crippen molar-refractivity contribution in [2.24, 2.45) is 0 Å². The van der Waals surface area contributed by atoms with Crippen molar-refractivity contribution in [1.29, 1.82) is 0 Å². The summed E-state index contributed by atoms with van der Waals surface area (Å²) in [5.74, 6) is -0.679. The summed E-state index contributed by atoms with van der Waals surface area (Å²) < 4.78 is 38.3. The molecule has 0 spiro atoms. The first kappa shape index (κ1) is 24.8. The first-order valence-corrected chi connectivity index (χ1v) is 13.2. The van der Waals surface area contributed by atoms with E-state index in [2.05, 4.69) is 31.9 Å². The highest BCUT2D eigenvalue weighted by Crippen LogP contribution is 2.26. The number of halogens is 2. The average Bonchev–Trinajstić information content (AvgIpc) is 2.85. The second-order valence-corrected chi connectivity index (χ2v) is 11.0. The Hall–Kier alpha value is -3.27. The van der Waals surface area contributed by atoms with Crippen LogP contribution in [0.2, 0.25) is 0 Å². The Morgan fingerprint density at radius 3 is 1.14 bits per heavy atom. The van der Waals surface area contributed by atoms with Crippen LogP contribution >= 0.6 is 31.9 Å². The second-order valence-electron chi connectivity index (χ2n) is 7.24. The van der Waals surface area contributed by atoms with Gasteiger partial charge in [0.05, 0.1) is 20.9 Å². The van der Waals surface area contributed by atoms with E-state index in [0.29, 0.717) is 11.1 Å². The van der Waals surface area contributed by atoms with Gasteiger partial charge in [-0.3, -0.25) is 0 Å². The molecule has 4 rings (SSSR count). The maximum Gasteiger partial charge on any atom is 0.343 e. The maximum atomic E-state index is 13.0. The van der Waals surface area contributed by atoms with Crippen molar-refractivity contribution in [3.8, 4) is 11.5 Å². The van der Waals surface area contributed by atoms with Gasteiger partial charge in [0.15, 0.2) is 0 Å². The van der Waals surface area contributed by atoms with Crippen molar-refractivity contribution in [1.82, 2.24) is 0 Å². The Balaban J connectivity index is 1.44. The lowest BCUT2D eigenvalue weighted by molar-refractivity contribution is 0.0725. The molecule has 0 aromatic heterocycles. The predicted molar refractivity (Wildman–Crippen MR) is 137 cm³/mol. The van der Waals surface area contributed by atoms with E-state index < -0.39 is 21.8 Å². The van der Waals surface area contributed by atoms with Gasteiger partial charge in [-0.25, -0.2) is 18.0 Å². The van der Waals surface area contributed by atoms with Crippen LogP contribution in [0.3, 0.4) is 0 Å². The zero-order valence-electron chi connectivity index (χ0n) is 17.9. The van der Waals surface area contributed by atoms with Crippen LogP contribution in [0, 0.1) is 0 Å². The standard InChI is InChI=1S/C26H16Br2O6S/c27-19-5-1-17(2-6-19)25(29)33-21-9-13-23(14-10-21)35(31,32)24-15-11-22(12-16-24)34-26(30)18-3-7-20(28)8-4-18/h1-16H. The fraction of sp³-hybridized carbons (Fsp3) is 0. The average molecular weight is 616 g/mol. The van der Waals surface area contributed by atoms with Crippen molar-refractivity contribution >= 4 is 53.6 Å². The van der Waals surface area contributed by atoms with Gasteiger partial charge in [0.2, 0.25) is 9.84 Å². The normalized spacial score (nSPS) is 11.0. The summed E-state index contributed by atoms with van der Waals surface area (Å²) in [4.78, 5) is 24.6. The van der Waals surface area contributed by atoms with E-state index >= 15 is 0 Å². The molecule has 0 aliphatic rings. The number of hydrogen-bond acceptors (Lipinski definition) is 6. The molecule has 6 nitrogen and oxygen atoms in total. The summed E-state index contributed by atoms with van der Waals surface area (Å²) in [6.45, 7) is 0. The lowest BCUT2D eigenvalue weighted by Crippen LogP contribution is -2.09. The van der Waals surface area contributed by atoms with Crippen molar-refractivity contribution in [3.05, 3.63) is 117 Å². The van der Waals surface area contributed by atoms with Gasteiger partial charge in [-0.1, -0.05) is 31.9 Å². The predicted octanol–water partition coefficient (Wildman–Crippen LogP) is 6.48. The molecular weight excluding hydrogens is 600 g/mol. The summed E-state index contributed by atoms with van der Waals surface area (Å²) in [6, 6.07) is 24.5.